The average Bonchev–Trinajstić information content (AvgIpc) is 2.74. The quantitative estimate of drug-likeness (QED) is 0.705. The summed E-state index contributed by atoms with van der Waals surface area (Å²) in [6, 6.07) is 0.627. The molecule has 1 atom stereocenters. The molecular formula is C15H29N3S. The normalized spacial score (nSPS) is 13.4. The number of hydrogen-bond acceptors (Lipinski definition) is 4. The molecule has 1 unspecified atom stereocenters. The van der Waals surface area contributed by atoms with Crippen molar-refractivity contribution in [1.29, 1.82) is 0 Å². The molecule has 1 N–H and O–H groups in total. The lowest BCUT2D eigenvalue weighted by Gasteiger charge is -2.24. The van der Waals surface area contributed by atoms with Crippen molar-refractivity contribution < 1.29 is 0 Å². The van der Waals surface area contributed by atoms with Gasteiger partial charge in [0.2, 0.25) is 0 Å². The zero-order valence-corrected chi connectivity index (χ0v) is 13.9. The second-order valence-corrected chi connectivity index (χ2v) is 6.80. The summed E-state index contributed by atoms with van der Waals surface area (Å²) in [5, 5.41) is 3.51. The first-order valence-corrected chi connectivity index (χ1v) is 8.18. The minimum absolute atomic E-state index is 0.627. The van der Waals surface area contributed by atoms with E-state index < -0.39 is 0 Å². The summed E-state index contributed by atoms with van der Waals surface area (Å²) in [5.74, 6) is 0.745. The minimum Gasteiger partial charge on any atom is -0.316 e. The van der Waals surface area contributed by atoms with Crippen LogP contribution in [0.5, 0.6) is 0 Å². The van der Waals surface area contributed by atoms with Gasteiger partial charge in [-0.05, 0) is 52.7 Å². The maximum absolute atomic E-state index is 4.31. The third-order valence-electron chi connectivity index (χ3n) is 3.52. The van der Waals surface area contributed by atoms with Crippen LogP contribution in [0.3, 0.4) is 0 Å². The maximum atomic E-state index is 4.31. The standard InChI is InChI=1S/C15H29N3S/c1-12(2)9-16-8-6-7-13(3)18(5)10-15-14(4)17-11-19-15/h11-13,16H,6-10H2,1-5H3. The number of thiazole rings is 1. The summed E-state index contributed by atoms with van der Waals surface area (Å²) < 4.78 is 0. The Kier molecular flexibility index (Phi) is 7.57. The topological polar surface area (TPSA) is 28.2 Å². The van der Waals surface area contributed by atoms with E-state index in [1.807, 2.05) is 5.51 Å². The lowest BCUT2D eigenvalue weighted by atomic mass is 10.1. The van der Waals surface area contributed by atoms with Crippen LogP contribution in [-0.4, -0.2) is 36.1 Å². The molecule has 0 aliphatic heterocycles. The lowest BCUT2D eigenvalue weighted by Crippen LogP contribution is -2.30. The van der Waals surface area contributed by atoms with E-state index in [0.29, 0.717) is 6.04 Å². The van der Waals surface area contributed by atoms with E-state index in [1.54, 1.807) is 11.3 Å². The highest BCUT2D eigenvalue weighted by Gasteiger charge is 2.11. The molecule has 4 heteroatoms. The Morgan fingerprint density at radius 2 is 2.11 bits per heavy atom. The fourth-order valence-corrected chi connectivity index (χ4v) is 2.83. The first kappa shape index (κ1) is 16.6. The number of nitrogens with zero attached hydrogens (tertiary/aromatic N) is 2. The van der Waals surface area contributed by atoms with Crippen molar-refractivity contribution in [3.05, 3.63) is 16.1 Å². The van der Waals surface area contributed by atoms with Crippen molar-refractivity contribution in [2.75, 3.05) is 20.1 Å². The molecule has 110 valence electrons. The summed E-state index contributed by atoms with van der Waals surface area (Å²) in [7, 11) is 2.21. The number of hydrogen-bond donors (Lipinski definition) is 1. The molecule has 1 aromatic heterocycles. The highest BCUT2D eigenvalue weighted by atomic mass is 32.1. The van der Waals surface area contributed by atoms with Crippen LogP contribution in [0.15, 0.2) is 5.51 Å². The van der Waals surface area contributed by atoms with Gasteiger partial charge in [0.25, 0.3) is 0 Å². The van der Waals surface area contributed by atoms with Crippen molar-refractivity contribution in [3.8, 4) is 0 Å². The number of rotatable bonds is 9. The van der Waals surface area contributed by atoms with Crippen molar-refractivity contribution in [1.82, 2.24) is 15.2 Å². The van der Waals surface area contributed by atoms with Crippen LogP contribution in [0.4, 0.5) is 0 Å². The molecule has 0 fully saturated rings. The molecule has 0 bridgehead atoms. The Morgan fingerprint density at radius 3 is 2.68 bits per heavy atom. The molecule has 19 heavy (non-hydrogen) atoms. The molecular weight excluding hydrogens is 254 g/mol. The van der Waals surface area contributed by atoms with Crippen LogP contribution in [0.1, 0.15) is 44.2 Å². The third kappa shape index (κ3) is 6.50. The molecule has 0 aliphatic carbocycles. The van der Waals surface area contributed by atoms with Gasteiger partial charge in [-0.3, -0.25) is 4.90 Å². The molecule has 0 aromatic carbocycles. The predicted octanol–water partition coefficient (Wildman–Crippen LogP) is 3.30. The molecule has 0 aliphatic rings. The molecule has 0 spiro atoms. The molecule has 0 saturated heterocycles. The van der Waals surface area contributed by atoms with Gasteiger partial charge in [-0.25, -0.2) is 4.98 Å². The zero-order chi connectivity index (χ0) is 14.3. The Labute approximate surface area is 122 Å². The molecule has 1 rings (SSSR count). The first-order valence-electron chi connectivity index (χ1n) is 7.30. The van der Waals surface area contributed by atoms with Gasteiger partial charge in [-0.1, -0.05) is 13.8 Å². The van der Waals surface area contributed by atoms with Crippen LogP contribution in [-0.2, 0) is 6.54 Å². The SMILES string of the molecule is Cc1ncsc1CN(C)C(C)CCCNCC(C)C. The molecule has 0 saturated carbocycles. The van der Waals surface area contributed by atoms with Crippen LogP contribution < -0.4 is 5.32 Å². The van der Waals surface area contributed by atoms with Gasteiger partial charge in [-0.15, -0.1) is 11.3 Å². The van der Waals surface area contributed by atoms with E-state index in [-0.39, 0.29) is 0 Å². The highest BCUT2D eigenvalue weighted by molar-refractivity contribution is 7.09. The van der Waals surface area contributed by atoms with E-state index in [9.17, 15) is 0 Å². The molecule has 0 radical (unpaired) electrons. The molecule has 1 aromatic rings. The van der Waals surface area contributed by atoms with Crippen LogP contribution in [0, 0.1) is 12.8 Å². The lowest BCUT2D eigenvalue weighted by molar-refractivity contribution is 0.235. The fourth-order valence-electron chi connectivity index (χ4n) is 1.99. The third-order valence-corrected chi connectivity index (χ3v) is 4.44. The fraction of sp³-hybridized carbons (Fsp3) is 0.800. The Bertz CT molecular complexity index is 349. The number of aryl methyl sites for hydroxylation is 1. The highest BCUT2D eigenvalue weighted by Crippen LogP contribution is 2.16. The second-order valence-electron chi connectivity index (χ2n) is 5.87. The molecule has 0 amide bonds. The summed E-state index contributed by atoms with van der Waals surface area (Å²) in [4.78, 5) is 8.14. The zero-order valence-electron chi connectivity index (χ0n) is 13.1. The summed E-state index contributed by atoms with van der Waals surface area (Å²) in [6.07, 6.45) is 2.50. The van der Waals surface area contributed by atoms with E-state index in [0.717, 1.165) is 25.6 Å². The average molecular weight is 283 g/mol. The van der Waals surface area contributed by atoms with Gasteiger partial charge in [0, 0.05) is 17.5 Å². The first-order chi connectivity index (χ1) is 9.00. The van der Waals surface area contributed by atoms with E-state index in [4.69, 9.17) is 0 Å². The summed E-state index contributed by atoms with van der Waals surface area (Å²) in [5.41, 5.74) is 3.13. The van der Waals surface area contributed by atoms with Crippen molar-refractivity contribution in [3.63, 3.8) is 0 Å². The van der Waals surface area contributed by atoms with Crippen molar-refractivity contribution in [2.45, 2.75) is 53.1 Å². The maximum Gasteiger partial charge on any atom is 0.0798 e. The van der Waals surface area contributed by atoms with Gasteiger partial charge in [0.1, 0.15) is 0 Å². The van der Waals surface area contributed by atoms with Crippen molar-refractivity contribution in [2.24, 2.45) is 5.92 Å². The van der Waals surface area contributed by atoms with Gasteiger partial charge in [-0.2, -0.15) is 0 Å². The van der Waals surface area contributed by atoms with E-state index in [1.165, 1.54) is 23.4 Å². The summed E-state index contributed by atoms with van der Waals surface area (Å²) >= 11 is 1.77. The monoisotopic (exact) mass is 283 g/mol. The second kappa shape index (κ2) is 8.67. The van der Waals surface area contributed by atoms with Gasteiger partial charge in [0.05, 0.1) is 11.2 Å². The van der Waals surface area contributed by atoms with E-state index in [2.05, 4.69) is 49.9 Å². The molecule has 1 heterocycles. The van der Waals surface area contributed by atoms with Crippen LogP contribution in [0.25, 0.3) is 0 Å². The smallest absolute Gasteiger partial charge is 0.0798 e. The Balaban J connectivity index is 2.18. The number of nitrogens with one attached hydrogen (secondary N) is 1. The van der Waals surface area contributed by atoms with Gasteiger partial charge < -0.3 is 5.32 Å². The minimum atomic E-state index is 0.627. The van der Waals surface area contributed by atoms with Crippen molar-refractivity contribution >= 4 is 11.3 Å². The number of aromatic nitrogens is 1. The van der Waals surface area contributed by atoms with Crippen LogP contribution >= 0.6 is 11.3 Å². The van der Waals surface area contributed by atoms with Gasteiger partial charge >= 0.3 is 0 Å². The summed E-state index contributed by atoms with van der Waals surface area (Å²) in [6.45, 7) is 12.2. The van der Waals surface area contributed by atoms with E-state index >= 15 is 0 Å². The van der Waals surface area contributed by atoms with Gasteiger partial charge in [0.15, 0.2) is 0 Å². The Morgan fingerprint density at radius 1 is 1.37 bits per heavy atom. The molecule has 3 nitrogen and oxygen atoms in total. The van der Waals surface area contributed by atoms with Crippen LogP contribution in [0.2, 0.25) is 0 Å². The Hall–Kier alpha value is -0.450. The predicted molar refractivity (Wildman–Crippen MR) is 84.7 cm³/mol. The largest absolute Gasteiger partial charge is 0.316 e.